The number of piperazine rings is 1. The van der Waals surface area contributed by atoms with Crippen LogP contribution in [0.4, 0.5) is 5.69 Å². The molecule has 0 aliphatic carbocycles. The van der Waals surface area contributed by atoms with Gasteiger partial charge in [-0.1, -0.05) is 0 Å². The first kappa shape index (κ1) is 14.4. The number of imidazole rings is 1. The molecule has 6 nitrogen and oxygen atoms in total. The van der Waals surface area contributed by atoms with Crippen molar-refractivity contribution in [1.82, 2.24) is 24.8 Å². The Morgan fingerprint density at radius 2 is 1.78 bits per heavy atom. The normalized spacial score (nSPS) is 16.2. The molecule has 0 amide bonds. The predicted octanol–water partition coefficient (Wildman–Crippen LogP) is 2.43. The predicted molar refractivity (Wildman–Crippen MR) is 91.8 cm³/mol. The van der Waals surface area contributed by atoms with Crippen LogP contribution >= 0.6 is 11.6 Å². The first-order valence-corrected chi connectivity index (χ1v) is 7.99. The maximum atomic E-state index is 5.81. The van der Waals surface area contributed by atoms with Crippen LogP contribution in [0.5, 0.6) is 0 Å². The van der Waals surface area contributed by atoms with Crippen LogP contribution in [0.3, 0.4) is 0 Å². The summed E-state index contributed by atoms with van der Waals surface area (Å²) in [6, 6.07) is 8.46. The zero-order valence-electron chi connectivity index (χ0n) is 12.8. The van der Waals surface area contributed by atoms with E-state index < -0.39 is 0 Å². The molecule has 3 aromatic rings. The molecule has 4 rings (SSSR count). The van der Waals surface area contributed by atoms with Crippen molar-refractivity contribution >= 4 is 28.5 Å². The van der Waals surface area contributed by atoms with Crippen LogP contribution in [0.2, 0.25) is 5.28 Å². The molecule has 7 heteroatoms. The highest BCUT2D eigenvalue weighted by atomic mass is 35.5. The third-order valence-corrected chi connectivity index (χ3v) is 4.40. The van der Waals surface area contributed by atoms with E-state index in [2.05, 4.69) is 61.0 Å². The van der Waals surface area contributed by atoms with Gasteiger partial charge in [-0.3, -0.25) is 0 Å². The van der Waals surface area contributed by atoms with Crippen molar-refractivity contribution in [3.8, 4) is 11.4 Å². The van der Waals surface area contributed by atoms with E-state index in [0.717, 1.165) is 43.1 Å². The van der Waals surface area contributed by atoms with Crippen molar-refractivity contribution in [3.63, 3.8) is 0 Å². The smallest absolute Gasteiger partial charge is 0.224 e. The topological polar surface area (TPSA) is 60.9 Å². The lowest BCUT2D eigenvalue weighted by molar-refractivity contribution is 0.313. The van der Waals surface area contributed by atoms with E-state index in [-0.39, 0.29) is 5.28 Å². The number of rotatable bonds is 2. The van der Waals surface area contributed by atoms with Crippen LogP contribution in [-0.2, 0) is 0 Å². The summed E-state index contributed by atoms with van der Waals surface area (Å²) in [6.45, 7) is 4.33. The maximum Gasteiger partial charge on any atom is 0.224 e. The highest BCUT2D eigenvalue weighted by Gasteiger charge is 2.14. The molecule has 1 saturated heterocycles. The average Bonchev–Trinajstić information content (AvgIpc) is 2.99. The number of fused-ring (bicyclic) bond motifs is 1. The van der Waals surface area contributed by atoms with Crippen LogP contribution in [-0.4, -0.2) is 58.1 Å². The monoisotopic (exact) mass is 328 g/mol. The third-order valence-electron chi connectivity index (χ3n) is 4.22. The van der Waals surface area contributed by atoms with Crippen LogP contribution in [0, 0.1) is 0 Å². The standard InChI is InChI=1S/C16H17ClN6/c1-22-6-8-23(9-7-22)12-4-2-11(3-5-12)14-19-13-10-18-16(17)21-15(13)20-14/h2-5,10H,6-9H2,1H3,(H,18,19,20,21). The van der Waals surface area contributed by atoms with Gasteiger partial charge in [0, 0.05) is 37.4 Å². The molecule has 1 fully saturated rings. The fourth-order valence-electron chi connectivity index (χ4n) is 2.82. The van der Waals surface area contributed by atoms with E-state index in [9.17, 15) is 0 Å². The first-order chi connectivity index (χ1) is 11.2. The molecule has 3 heterocycles. The Balaban J connectivity index is 1.59. The fraction of sp³-hybridized carbons (Fsp3) is 0.312. The van der Waals surface area contributed by atoms with Crippen LogP contribution in [0.15, 0.2) is 30.5 Å². The molecule has 0 spiro atoms. The quantitative estimate of drug-likeness (QED) is 0.732. The number of likely N-dealkylation sites (N-methyl/N-ethyl adjacent to an activating group) is 1. The number of hydrogen-bond acceptors (Lipinski definition) is 5. The summed E-state index contributed by atoms with van der Waals surface area (Å²) >= 11 is 5.81. The summed E-state index contributed by atoms with van der Waals surface area (Å²) < 4.78 is 0. The molecule has 1 aliphatic heterocycles. The van der Waals surface area contributed by atoms with Crippen molar-refractivity contribution in [2.45, 2.75) is 0 Å². The van der Waals surface area contributed by atoms with Gasteiger partial charge in [-0.25, -0.2) is 9.97 Å². The number of anilines is 1. The molecule has 23 heavy (non-hydrogen) atoms. The fourth-order valence-corrected chi connectivity index (χ4v) is 2.95. The number of H-pyrrole nitrogens is 1. The van der Waals surface area contributed by atoms with E-state index in [0.29, 0.717) is 5.65 Å². The van der Waals surface area contributed by atoms with Crippen molar-refractivity contribution in [3.05, 3.63) is 35.7 Å². The van der Waals surface area contributed by atoms with Gasteiger partial charge in [0.1, 0.15) is 11.3 Å². The zero-order chi connectivity index (χ0) is 15.8. The molecule has 2 aromatic heterocycles. The molecule has 0 atom stereocenters. The number of nitrogens with zero attached hydrogens (tertiary/aromatic N) is 5. The minimum Gasteiger partial charge on any atom is -0.369 e. The highest BCUT2D eigenvalue weighted by molar-refractivity contribution is 6.28. The van der Waals surface area contributed by atoms with Gasteiger partial charge >= 0.3 is 0 Å². The lowest BCUT2D eigenvalue weighted by Crippen LogP contribution is -2.44. The lowest BCUT2D eigenvalue weighted by Gasteiger charge is -2.34. The second-order valence-corrected chi connectivity index (χ2v) is 6.14. The van der Waals surface area contributed by atoms with Gasteiger partial charge in [0.25, 0.3) is 0 Å². The van der Waals surface area contributed by atoms with E-state index in [1.165, 1.54) is 5.69 Å². The summed E-state index contributed by atoms with van der Waals surface area (Å²) in [5.74, 6) is 0.779. The Bertz CT molecular complexity index is 820. The minimum atomic E-state index is 0.209. The van der Waals surface area contributed by atoms with Gasteiger partial charge in [-0.15, -0.1) is 0 Å². The summed E-state index contributed by atoms with van der Waals surface area (Å²) in [7, 11) is 2.16. The molecule has 0 radical (unpaired) electrons. The number of halogens is 1. The Labute approximate surface area is 139 Å². The Morgan fingerprint density at radius 1 is 1.04 bits per heavy atom. The van der Waals surface area contributed by atoms with Gasteiger partial charge in [-0.2, -0.15) is 4.98 Å². The van der Waals surface area contributed by atoms with Crippen LogP contribution < -0.4 is 4.90 Å². The Kier molecular flexibility index (Phi) is 3.63. The van der Waals surface area contributed by atoms with E-state index in [1.807, 2.05) is 0 Å². The molecule has 1 aliphatic rings. The molecule has 1 aromatic carbocycles. The second kappa shape index (κ2) is 5.79. The summed E-state index contributed by atoms with van der Waals surface area (Å²) in [5, 5.41) is 0.209. The molecule has 1 N–H and O–H groups in total. The lowest BCUT2D eigenvalue weighted by atomic mass is 10.1. The number of aromatic nitrogens is 4. The highest BCUT2D eigenvalue weighted by Crippen LogP contribution is 2.23. The Morgan fingerprint density at radius 3 is 2.52 bits per heavy atom. The first-order valence-electron chi connectivity index (χ1n) is 7.61. The van der Waals surface area contributed by atoms with Crippen molar-refractivity contribution < 1.29 is 0 Å². The molecular formula is C16H17ClN6. The van der Waals surface area contributed by atoms with Crippen molar-refractivity contribution in [2.75, 3.05) is 38.1 Å². The van der Waals surface area contributed by atoms with Gasteiger partial charge < -0.3 is 14.8 Å². The summed E-state index contributed by atoms with van der Waals surface area (Å²) in [5.41, 5.74) is 3.65. The number of aromatic amines is 1. The van der Waals surface area contributed by atoms with Gasteiger partial charge in [0.05, 0.1) is 6.20 Å². The average molecular weight is 329 g/mol. The molecule has 118 valence electrons. The van der Waals surface area contributed by atoms with Gasteiger partial charge in [0.2, 0.25) is 5.28 Å². The molecule has 0 saturated carbocycles. The van der Waals surface area contributed by atoms with E-state index in [1.54, 1.807) is 6.20 Å². The maximum absolute atomic E-state index is 5.81. The van der Waals surface area contributed by atoms with E-state index in [4.69, 9.17) is 11.6 Å². The number of nitrogens with one attached hydrogen (secondary N) is 1. The number of benzene rings is 1. The summed E-state index contributed by atoms with van der Waals surface area (Å²) in [6.07, 6.45) is 1.65. The second-order valence-electron chi connectivity index (χ2n) is 5.80. The molecule has 0 unspecified atom stereocenters. The molecular weight excluding hydrogens is 312 g/mol. The van der Waals surface area contributed by atoms with Gasteiger partial charge in [-0.05, 0) is 42.9 Å². The van der Waals surface area contributed by atoms with Crippen LogP contribution in [0.25, 0.3) is 22.6 Å². The van der Waals surface area contributed by atoms with Crippen molar-refractivity contribution in [2.24, 2.45) is 0 Å². The SMILES string of the molecule is CN1CCN(c2ccc(-c3nc4nc(Cl)ncc4[nH]3)cc2)CC1. The Hall–Kier alpha value is -2.18. The van der Waals surface area contributed by atoms with Crippen LogP contribution in [0.1, 0.15) is 0 Å². The third kappa shape index (κ3) is 2.87. The minimum absolute atomic E-state index is 0.209. The number of hydrogen-bond donors (Lipinski definition) is 1. The summed E-state index contributed by atoms with van der Waals surface area (Å²) in [4.78, 5) is 20.6. The largest absolute Gasteiger partial charge is 0.369 e. The van der Waals surface area contributed by atoms with E-state index >= 15 is 0 Å². The van der Waals surface area contributed by atoms with Crippen molar-refractivity contribution in [1.29, 1.82) is 0 Å². The zero-order valence-corrected chi connectivity index (χ0v) is 13.6. The van der Waals surface area contributed by atoms with Gasteiger partial charge in [0.15, 0.2) is 5.65 Å². The molecule has 0 bridgehead atoms.